The molecule has 0 atom stereocenters. The zero-order chi connectivity index (χ0) is 13.8. The van der Waals surface area contributed by atoms with Crippen molar-refractivity contribution in [3.05, 3.63) is 51.6 Å². The third-order valence-corrected chi connectivity index (χ3v) is 4.40. The number of hydrogen-bond acceptors (Lipinski definition) is 3. The van der Waals surface area contributed by atoms with Gasteiger partial charge in [0.05, 0.1) is 12.7 Å². The molecule has 0 amide bonds. The largest absolute Gasteiger partial charge is 0.497 e. The van der Waals surface area contributed by atoms with E-state index in [1.165, 1.54) is 11.8 Å². The van der Waals surface area contributed by atoms with Gasteiger partial charge in [-0.05, 0) is 65.1 Å². The Labute approximate surface area is 129 Å². The van der Waals surface area contributed by atoms with Gasteiger partial charge in [-0.15, -0.1) is 0 Å². The van der Waals surface area contributed by atoms with Crippen molar-refractivity contribution in [2.75, 3.05) is 7.11 Å². The Kier molecular flexibility index (Phi) is 4.71. The maximum Gasteiger partial charge on any atom is 0.336 e. The Morgan fingerprint density at radius 3 is 2.37 bits per heavy atom. The smallest absolute Gasteiger partial charge is 0.336 e. The van der Waals surface area contributed by atoms with Gasteiger partial charge in [-0.3, -0.25) is 0 Å². The van der Waals surface area contributed by atoms with Crippen LogP contribution in [0.5, 0.6) is 5.75 Å². The number of aromatic carboxylic acids is 1. The van der Waals surface area contributed by atoms with Crippen molar-refractivity contribution < 1.29 is 14.6 Å². The molecular weight excluding hydrogens is 375 g/mol. The normalized spacial score (nSPS) is 10.2. The number of rotatable bonds is 4. The molecule has 3 nitrogen and oxygen atoms in total. The van der Waals surface area contributed by atoms with E-state index in [9.17, 15) is 4.79 Å². The summed E-state index contributed by atoms with van der Waals surface area (Å²) in [6.07, 6.45) is 0. The minimum Gasteiger partial charge on any atom is -0.497 e. The van der Waals surface area contributed by atoms with Crippen molar-refractivity contribution in [3.63, 3.8) is 0 Å². The monoisotopic (exact) mass is 386 g/mol. The molecule has 0 aromatic heterocycles. The second kappa shape index (κ2) is 6.29. The van der Waals surface area contributed by atoms with Gasteiger partial charge in [-0.25, -0.2) is 4.79 Å². The van der Waals surface area contributed by atoms with E-state index in [-0.39, 0.29) is 0 Å². The van der Waals surface area contributed by atoms with Gasteiger partial charge < -0.3 is 9.84 Å². The summed E-state index contributed by atoms with van der Waals surface area (Å²) in [7, 11) is 1.63. The van der Waals surface area contributed by atoms with Gasteiger partial charge in [0.25, 0.3) is 0 Å². The predicted molar refractivity (Wildman–Crippen MR) is 83.2 cm³/mol. The summed E-state index contributed by atoms with van der Waals surface area (Å²) >= 11 is 3.55. The van der Waals surface area contributed by atoms with Crippen LogP contribution < -0.4 is 4.74 Å². The standard InChI is InChI=1S/C14H11IO3S/c1-18-9-2-4-10(5-3-9)19-11-6-7-13(15)12(8-11)14(16)17/h2-8H,1H3,(H,16,17). The lowest BCUT2D eigenvalue weighted by Gasteiger charge is -2.05. The first kappa shape index (κ1) is 14.2. The Morgan fingerprint density at radius 1 is 1.16 bits per heavy atom. The second-order valence-electron chi connectivity index (χ2n) is 3.72. The average molecular weight is 386 g/mol. The molecule has 0 spiro atoms. The molecule has 0 saturated heterocycles. The van der Waals surface area contributed by atoms with E-state index in [2.05, 4.69) is 0 Å². The highest BCUT2D eigenvalue weighted by Gasteiger charge is 2.09. The summed E-state index contributed by atoms with van der Waals surface area (Å²) in [5.74, 6) is -0.0974. The first-order valence-electron chi connectivity index (χ1n) is 5.45. The van der Waals surface area contributed by atoms with E-state index in [0.29, 0.717) is 5.56 Å². The maximum atomic E-state index is 11.1. The number of carboxylic acid groups (broad SMARTS) is 1. The fourth-order valence-corrected chi connectivity index (χ4v) is 2.94. The van der Waals surface area contributed by atoms with Crippen LogP contribution in [-0.4, -0.2) is 18.2 Å². The number of carbonyl (C=O) groups is 1. The molecule has 0 radical (unpaired) electrons. The molecular formula is C14H11IO3S. The summed E-state index contributed by atoms with van der Waals surface area (Å²) in [5, 5.41) is 9.09. The third-order valence-electron chi connectivity index (χ3n) is 2.46. The SMILES string of the molecule is COc1ccc(Sc2ccc(I)c(C(=O)O)c2)cc1. The van der Waals surface area contributed by atoms with Gasteiger partial charge in [0.2, 0.25) is 0 Å². The summed E-state index contributed by atoms with van der Waals surface area (Å²) in [6, 6.07) is 13.1. The van der Waals surface area contributed by atoms with Crippen LogP contribution in [0.15, 0.2) is 52.3 Å². The molecule has 0 aliphatic carbocycles. The molecule has 5 heteroatoms. The van der Waals surface area contributed by atoms with Gasteiger partial charge in [0.15, 0.2) is 0 Å². The Balaban J connectivity index is 2.22. The highest BCUT2D eigenvalue weighted by atomic mass is 127. The summed E-state index contributed by atoms with van der Waals surface area (Å²) in [5.41, 5.74) is 0.333. The van der Waals surface area contributed by atoms with Crippen LogP contribution in [0.3, 0.4) is 0 Å². The number of hydrogen-bond donors (Lipinski definition) is 1. The molecule has 0 saturated carbocycles. The van der Waals surface area contributed by atoms with Crippen LogP contribution in [0.1, 0.15) is 10.4 Å². The first-order valence-corrected chi connectivity index (χ1v) is 7.34. The van der Waals surface area contributed by atoms with Crippen LogP contribution >= 0.6 is 34.4 Å². The van der Waals surface area contributed by atoms with E-state index in [1.807, 2.05) is 59.0 Å². The Bertz CT molecular complexity index is 596. The Morgan fingerprint density at radius 2 is 1.79 bits per heavy atom. The fourth-order valence-electron chi connectivity index (χ4n) is 1.51. The topological polar surface area (TPSA) is 46.5 Å². The minimum atomic E-state index is -0.901. The van der Waals surface area contributed by atoms with Crippen LogP contribution in [0.2, 0.25) is 0 Å². The van der Waals surface area contributed by atoms with Crippen molar-refractivity contribution in [1.82, 2.24) is 0 Å². The highest BCUT2D eigenvalue weighted by Crippen LogP contribution is 2.30. The van der Waals surface area contributed by atoms with E-state index in [0.717, 1.165) is 19.1 Å². The van der Waals surface area contributed by atoms with Gasteiger partial charge in [-0.2, -0.15) is 0 Å². The second-order valence-corrected chi connectivity index (χ2v) is 6.03. The summed E-state index contributed by atoms with van der Waals surface area (Å²) in [4.78, 5) is 13.0. The van der Waals surface area contributed by atoms with E-state index >= 15 is 0 Å². The van der Waals surface area contributed by atoms with Gasteiger partial charge in [-0.1, -0.05) is 11.8 Å². The third kappa shape index (κ3) is 3.63. The average Bonchev–Trinajstić information content (AvgIpc) is 2.41. The number of methoxy groups -OCH3 is 1. The molecule has 2 aromatic carbocycles. The number of carboxylic acids is 1. The molecule has 0 bridgehead atoms. The Hall–Kier alpha value is -1.21. The maximum absolute atomic E-state index is 11.1. The highest BCUT2D eigenvalue weighted by molar-refractivity contribution is 14.1. The van der Waals surface area contributed by atoms with Crippen molar-refractivity contribution in [2.24, 2.45) is 0 Å². The quantitative estimate of drug-likeness (QED) is 0.803. The molecule has 0 fully saturated rings. The molecule has 0 heterocycles. The molecule has 0 unspecified atom stereocenters. The van der Waals surface area contributed by atoms with Crippen LogP contribution in [0, 0.1) is 3.57 Å². The van der Waals surface area contributed by atoms with Crippen LogP contribution in [-0.2, 0) is 0 Å². The fraction of sp³-hybridized carbons (Fsp3) is 0.0714. The minimum absolute atomic E-state index is 0.333. The number of halogens is 1. The van der Waals surface area contributed by atoms with Gasteiger partial charge >= 0.3 is 5.97 Å². The number of ether oxygens (including phenoxy) is 1. The zero-order valence-corrected chi connectivity index (χ0v) is 13.1. The lowest BCUT2D eigenvalue weighted by atomic mass is 10.2. The van der Waals surface area contributed by atoms with E-state index in [4.69, 9.17) is 9.84 Å². The number of benzene rings is 2. The van der Waals surface area contributed by atoms with Crippen molar-refractivity contribution in [3.8, 4) is 5.75 Å². The molecule has 2 rings (SSSR count). The van der Waals surface area contributed by atoms with Crippen molar-refractivity contribution >= 4 is 40.3 Å². The summed E-state index contributed by atoms with van der Waals surface area (Å²) < 4.78 is 5.84. The lowest BCUT2D eigenvalue weighted by Crippen LogP contribution is -1.99. The van der Waals surface area contributed by atoms with Crippen molar-refractivity contribution in [2.45, 2.75) is 9.79 Å². The molecule has 98 valence electrons. The van der Waals surface area contributed by atoms with Crippen LogP contribution in [0.4, 0.5) is 0 Å². The predicted octanol–water partition coefficient (Wildman–Crippen LogP) is 4.15. The molecule has 2 aromatic rings. The lowest BCUT2D eigenvalue weighted by molar-refractivity contribution is 0.0695. The first-order chi connectivity index (χ1) is 9.10. The van der Waals surface area contributed by atoms with Gasteiger partial charge in [0, 0.05) is 13.4 Å². The van der Waals surface area contributed by atoms with Gasteiger partial charge in [0.1, 0.15) is 5.75 Å². The molecule has 19 heavy (non-hydrogen) atoms. The summed E-state index contributed by atoms with van der Waals surface area (Å²) in [6.45, 7) is 0. The molecule has 0 aliphatic rings. The van der Waals surface area contributed by atoms with Crippen LogP contribution in [0.25, 0.3) is 0 Å². The van der Waals surface area contributed by atoms with Crippen molar-refractivity contribution in [1.29, 1.82) is 0 Å². The van der Waals surface area contributed by atoms with E-state index in [1.54, 1.807) is 13.2 Å². The zero-order valence-electron chi connectivity index (χ0n) is 10.1. The molecule has 1 N–H and O–H groups in total. The van der Waals surface area contributed by atoms with E-state index < -0.39 is 5.97 Å². The molecule has 0 aliphatic heterocycles.